The standard InChI is InChI=1S/C30H28N2Si/c1-3-33(4-2)29(25-17-11-19-31-21-25)27(23-13-7-5-8-14-23)28(24-15-9-6-10-16-24)30(33)26-18-12-20-32-22-26/h5-22H,3-4H2,1-2H3. The molecule has 1 aliphatic rings. The Morgan fingerprint density at radius 1 is 0.515 bits per heavy atom. The van der Waals surface area contributed by atoms with Gasteiger partial charge in [0, 0.05) is 24.8 Å². The van der Waals surface area contributed by atoms with Gasteiger partial charge >= 0.3 is 0 Å². The number of benzene rings is 2. The molecule has 5 rings (SSSR count). The highest BCUT2D eigenvalue weighted by molar-refractivity contribution is 7.14. The molecule has 0 radical (unpaired) electrons. The van der Waals surface area contributed by atoms with Gasteiger partial charge in [0.05, 0.1) is 0 Å². The topological polar surface area (TPSA) is 25.8 Å². The number of aromatic nitrogens is 2. The Hall–Kier alpha value is -3.56. The number of allylic oxidation sites excluding steroid dienone is 2. The van der Waals surface area contributed by atoms with Crippen LogP contribution < -0.4 is 0 Å². The van der Waals surface area contributed by atoms with E-state index in [1.807, 2.05) is 12.4 Å². The van der Waals surface area contributed by atoms with Gasteiger partial charge in [-0.25, -0.2) is 0 Å². The second kappa shape index (κ2) is 9.12. The van der Waals surface area contributed by atoms with Crippen molar-refractivity contribution < 1.29 is 0 Å². The third-order valence-electron chi connectivity index (χ3n) is 6.94. The Bertz CT molecular complexity index is 1190. The lowest BCUT2D eigenvalue weighted by atomic mass is 9.89. The third kappa shape index (κ3) is 3.59. The fourth-order valence-electron chi connectivity index (χ4n) is 5.46. The summed E-state index contributed by atoms with van der Waals surface area (Å²) in [7, 11) is -2.13. The van der Waals surface area contributed by atoms with E-state index >= 15 is 0 Å². The molecule has 0 amide bonds. The highest BCUT2D eigenvalue weighted by atomic mass is 28.3. The van der Waals surface area contributed by atoms with Crippen molar-refractivity contribution in [2.45, 2.75) is 25.9 Å². The van der Waals surface area contributed by atoms with Crippen LogP contribution in [0.5, 0.6) is 0 Å². The lowest BCUT2D eigenvalue weighted by Gasteiger charge is -2.32. The molecular weight excluding hydrogens is 416 g/mol. The van der Waals surface area contributed by atoms with Crippen LogP contribution in [0.2, 0.25) is 12.1 Å². The van der Waals surface area contributed by atoms with Crippen molar-refractivity contribution in [1.29, 1.82) is 0 Å². The number of nitrogens with zero attached hydrogens (tertiary/aromatic N) is 2. The van der Waals surface area contributed by atoms with E-state index < -0.39 is 8.07 Å². The maximum absolute atomic E-state index is 4.54. The Kier molecular flexibility index (Phi) is 5.89. The molecule has 33 heavy (non-hydrogen) atoms. The third-order valence-corrected chi connectivity index (χ3v) is 12.3. The minimum absolute atomic E-state index is 1.13. The van der Waals surface area contributed by atoms with Crippen molar-refractivity contribution in [3.05, 3.63) is 132 Å². The van der Waals surface area contributed by atoms with E-state index in [4.69, 9.17) is 0 Å². The molecule has 162 valence electrons. The van der Waals surface area contributed by atoms with Crippen molar-refractivity contribution in [1.82, 2.24) is 9.97 Å². The first-order chi connectivity index (χ1) is 16.3. The first-order valence-corrected chi connectivity index (χ1v) is 14.1. The zero-order valence-electron chi connectivity index (χ0n) is 19.2. The molecule has 0 N–H and O–H groups in total. The molecule has 0 atom stereocenters. The van der Waals surface area contributed by atoms with E-state index in [1.54, 1.807) is 0 Å². The maximum atomic E-state index is 4.54. The van der Waals surface area contributed by atoms with Gasteiger partial charge < -0.3 is 0 Å². The van der Waals surface area contributed by atoms with Crippen LogP contribution in [-0.4, -0.2) is 18.0 Å². The van der Waals surface area contributed by atoms with Gasteiger partial charge in [-0.1, -0.05) is 98.7 Å². The predicted octanol–water partition coefficient (Wildman–Crippen LogP) is 7.58. The van der Waals surface area contributed by atoms with E-state index in [0.29, 0.717) is 0 Å². The summed E-state index contributed by atoms with van der Waals surface area (Å²) >= 11 is 0. The normalized spacial score (nSPS) is 15.2. The Morgan fingerprint density at radius 3 is 1.24 bits per heavy atom. The molecule has 2 aromatic carbocycles. The first kappa shape index (κ1) is 21.3. The van der Waals surface area contributed by atoms with Crippen molar-refractivity contribution in [2.24, 2.45) is 0 Å². The Morgan fingerprint density at radius 2 is 0.909 bits per heavy atom. The van der Waals surface area contributed by atoms with Crippen molar-refractivity contribution in [3.8, 4) is 0 Å². The minimum atomic E-state index is -2.13. The van der Waals surface area contributed by atoms with Gasteiger partial charge in [-0.05, 0) is 55.9 Å². The van der Waals surface area contributed by atoms with Crippen LogP contribution in [0.15, 0.2) is 110 Å². The molecule has 0 aliphatic carbocycles. The molecule has 3 heterocycles. The van der Waals surface area contributed by atoms with Gasteiger partial charge in [-0.15, -0.1) is 0 Å². The number of hydrogen-bond acceptors (Lipinski definition) is 2. The van der Waals surface area contributed by atoms with E-state index in [0.717, 1.165) is 12.1 Å². The monoisotopic (exact) mass is 444 g/mol. The molecule has 2 nitrogen and oxygen atoms in total. The van der Waals surface area contributed by atoms with Gasteiger partial charge in [0.2, 0.25) is 0 Å². The predicted molar refractivity (Wildman–Crippen MR) is 142 cm³/mol. The van der Waals surface area contributed by atoms with E-state index in [1.165, 1.54) is 43.8 Å². The molecule has 0 saturated carbocycles. The summed E-state index contributed by atoms with van der Waals surface area (Å²) in [6, 6.07) is 32.7. The molecule has 0 bridgehead atoms. The van der Waals surface area contributed by atoms with Crippen LogP contribution in [0.1, 0.15) is 36.1 Å². The molecule has 1 aliphatic heterocycles. The Balaban J connectivity index is 1.97. The summed E-state index contributed by atoms with van der Waals surface area (Å²) in [4.78, 5) is 9.09. The van der Waals surface area contributed by atoms with Crippen molar-refractivity contribution in [3.63, 3.8) is 0 Å². The highest BCUT2D eigenvalue weighted by Crippen LogP contribution is 2.57. The SMILES string of the molecule is CC[Si]1(CC)C(c2cccnc2)=C(c2ccccc2)C(c2ccccc2)=C1c1cccnc1. The summed E-state index contributed by atoms with van der Waals surface area (Å²) in [5.41, 5.74) is 7.77. The van der Waals surface area contributed by atoms with Crippen molar-refractivity contribution >= 4 is 29.6 Å². The van der Waals surface area contributed by atoms with Crippen LogP contribution >= 0.6 is 0 Å². The van der Waals surface area contributed by atoms with Gasteiger partial charge in [0.1, 0.15) is 8.07 Å². The summed E-state index contributed by atoms with van der Waals surface area (Å²) in [6.07, 6.45) is 7.85. The lowest BCUT2D eigenvalue weighted by molar-refractivity contribution is 1.27. The number of hydrogen-bond donors (Lipinski definition) is 0. The van der Waals surface area contributed by atoms with Gasteiger partial charge in [0.25, 0.3) is 0 Å². The second-order valence-corrected chi connectivity index (χ2v) is 13.1. The first-order valence-electron chi connectivity index (χ1n) is 11.7. The smallest absolute Gasteiger partial charge is 0.121 e. The maximum Gasteiger partial charge on any atom is 0.121 e. The van der Waals surface area contributed by atoms with E-state index in [2.05, 4.69) is 121 Å². The molecule has 0 spiro atoms. The van der Waals surface area contributed by atoms with Crippen LogP contribution in [0.4, 0.5) is 0 Å². The van der Waals surface area contributed by atoms with Crippen LogP contribution in [-0.2, 0) is 0 Å². The largest absolute Gasteiger partial charge is 0.264 e. The fourth-order valence-corrected chi connectivity index (χ4v) is 10.5. The highest BCUT2D eigenvalue weighted by Gasteiger charge is 2.48. The van der Waals surface area contributed by atoms with Crippen LogP contribution in [0.3, 0.4) is 0 Å². The zero-order valence-corrected chi connectivity index (χ0v) is 20.2. The van der Waals surface area contributed by atoms with Crippen LogP contribution in [0, 0.1) is 0 Å². The second-order valence-electron chi connectivity index (χ2n) is 8.50. The van der Waals surface area contributed by atoms with E-state index in [-0.39, 0.29) is 0 Å². The van der Waals surface area contributed by atoms with Crippen molar-refractivity contribution in [2.75, 3.05) is 0 Å². The molecule has 0 unspecified atom stereocenters. The van der Waals surface area contributed by atoms with E-state index in [9.17, 15) is 0 Å². The van der Waals surface area contributed by atoms with Gasteiger partial charge in [-0.2, -0.15) is 0 Å². The summed E-state index contributed by atoms with van der Waals surface area (Å²) in [6.45, 7) is 4.75. The number of pyridine rings is 2. The molecule has 0 saturated heterocycles. The zero-order chi connectivity index (χ0) is 22.7. The molecule has 3 heteroatoms. The Labute approximate surface area is 197 Å². The van der Waals surface area contributed by atoms with Gasteiger partial charge in [0.15, 0.2) is 0 Å². The molecular formula is C30H28N2Si. The minimum Gasteiger partial charge on any atom is -0.264 e. The van der Waals surface area contributed by atoms with Gasteiger partial charge in [-0.3, -0.25) is 9.97 Å². The average Bonchev–Trinajstić information content (AvgIpc) is 3.22. The quantitative estimate of drug-likeness (QED) is 0.286. The summed E-state index contributed by atoms with van der Waals surface area (Å²) < 4.78 is 0. The lowest BCUT2D eigenvalue weighted by Crippen LogP contribution is -2.35. The van der Waals surface area contributed by atoms with Crippen LogP contribution in [0.25, 0.3) is 21.5 Å². The number of rotatable bonds is 6. The molecule has 4 aromatic rings. The summed E-state index contributed by atoms with van der Waals surface area (Å²) in [5.74, 6) is 0. The average molecular weight is 445 g/mol. The molecule has 0 fully saturated rings. The molecule has 2 aromatic heterocycles. The fraction of sp³-hybridized carbons (Fsp3) is 0.133. The summed E-state index contributed by atoms with van der Waals surface area (Å²) in [5, 5.41) is 3.01.